The summed E-state index contributed by atoms with van der Waals surface area (Å²) in [6.07, 6.45) is 2.50. The van der Waals surface area contributed by atoms with Crippen LogP contribution in [0.25, 0.3) is 11.0 Å². The Kier molecular flexibility index (Phi) is 4.76. The predicted molar refractivity (Wildman–Crippen MR) is 104 cm³/mol. The van der Waals surface area contributed by atoms with E-state index in [1.165, 1.54) is 16.5 Å². The van der Waals surface area contributed by atoms with Gasteiger partial charge >= 0.3 is 0 Å². The maximum Gasteiger partial charge on any atom is 0.227 e. The maximum atomic E-state index is 12.0. The summed E-state index contributed by atoms with van der Waals surface area (Å²) < 4.78 is 5.97. The van der Waals surface area contributed by atoms with E-state index in [4.69, 9.17) is 4.42 Å². The van der Waals surface area contributed by atoms with Crippen LogP contribution in [0.15, 0.2) is 52.9 Å². The number of amides is 1. The van der Waals surface area contributed by atoms with Gasteiger partial charge in [0.25, 0.3) is 0 Å². The molecule has 2 heterocycles. The van der Waals surface area contributed by atoms with Crippen molar-refractivity contribution in [1.29, 1.82) is 0 Å². The van der Waals surface area contributed by atoms with Crippen LogP contribution in [-0.4, -0.2) is 12.5 Å². The molecule has 2 aromatic carbocycles. The number of nitrogens with one attached hydrogen (secondary N) is 1. The average molecular weight is 348 g/mol. The minimum atomic E-state index is 0.229. The molecule has 3 aromatic rings. The monoisotopic (exact) mass is 348 g/mol. The number of nitrogens with zero attached hydrogens (tertiary/aromatic N) is 1. The molecule has 26 heavy (non-hydrogen) atoms. The van der Waals surface area contributed by atoms with Crippen LogP contribution in [0.4, 0.5) is 5.69 Å². The predicted octanol–water partition coefficient (Wildman–Crippen LogP) is 4.41. The highest BCUT2D eigenvalue weighted by atomic mass is 16.3. The van der Waals surface area contributed by atoms with Crippen molar-refractivity contribution in [3.8, 4) is 0 Å². The van der Waals surface area contributed by atoms with Crippen LogP contribution in [-0.2, 0) is 24.3 Å². The Bertz CT molecular complexity index is 929. The molecule has 1 N–H and O–H groups in total. The Morgan fingerprint density at radius 2 is 2.00 bits per heavy atom. The largest absolute Gasteiger partial charge is 0.461 e. The molecule has 0 bridgehead atoms. The average Bonchev–Trinajstić information content (AvgIpc) is 3.25. The third-order valence-corrected chi connectivity index (χ3v) is 5.03. The van der Waals surface area contributed by atoms with E-state index in [0.29, 0.717) is 6.42 Å². The molecule has 0 unspecified atom stereocenters. The van der Waals surface area contributed by atoms with Gasteiger partial charge in [0.05, 0.1) is 0 Å². The molecule has 1 saturated heterocycles. The molecule has 1 fully saturated rings. The van der Waals surface area contributed by atoms with Crippen molar-refractivity contribution in [2.45, 2.75) is 39.3 Å². The molecule has 0 spiro atoms. The molecule has 1 amide bonds. The Labute approximate surface area is 153 Å². The smallest absolute Gasteiger partial charge is 0.227 e. The topological polar surface area (TPSA) is 45.5 Å². The summed E-state index contributed by atoms with van der Waals surface area (Å²) in [5.41, 5.74) is 4.40. The number of anilines is 1. The van der Waals surface area contributed by atoms with E-state index in [9.17, 15) is 4.79 Å². The molecule has 0 radical (unpaired) electrons. The number of para-hydroxylation sites is 1. The van der Waals surface area contributed by atoms with Crippen molar-refractivity contribution < 1.29 is 9.21 Å². The van der Waals surface area contributed by atoms with Gasteiger partial charge in [-0.15, -0.1) is 0 Å². The van der Waals surface area contributed by atoms with E-state index < -0.39 is 0 Å². The molecule has 0 aliphatic carbocycles. The van der Waals surface area contributed by atoms with Gasteiger partial charge in [-0.2, -0.15) is 0 Å². The minimum absolute atomic E-state index is 0.229. The molecule has 134 valence electrons. The lowest BCUT2D eigenvalue weighted by molar-refractivity contribution is -0.117. The summed E-state index contributed by atoms with van der Waals surface area (Å²) in [6.45, 7) is 4.49. The minimum Gasteiger partial charge on any atom is -0.461 e. The van der Waals surface area contributed by atoms with Gasteiger partial charge in [0.2, 0.25) is 5.91 Å². The number of furan rings is 1. The van der Waals surface area contributed by atoms with E-state index in [0.717, 1.165) is 49.5 Å². The Hall–Kier alpha value is -2.59. The van der Waals surface area contributed by atoms with Crippen molar-refractivity contribution in [2.75, 3.05) is 11.4 Å². The lowest BCUT2D eigenvalue weighted by Crippen LogP contribution is -2.23. The highest BCUT2D eigenvalue weighted by molar-refractivity contribution is 5.95. The second-order valence-electron chi connectivity index (χ2n) is 6.78. The van der Waals surface area contributed by atoms with E-state index >= 15 is 0 Å². The first-order chi connectivity index (χ1) is 12.8. The fourth-order valence-electron chi connectivity index (χ4n) is 3.72. The maximum absolute atomic E-state index is 12.0. The molecule has 1 aliphatic rings. The number of hydrogen-bond donors (Lipinski definition) is 1. The zero-order chi connectivity index (χ0) is 17.9. The van der Waals surface area contributed by atoms with E-state index in [2.05, 4.69) is 36.5 Å². The van der Waals surface area contributed by atoms with Crippen LogP contribution in [0.1, 0.15) is 36.7 Å². The first-order valence-electron chi connectivity index (χ1n) is 9.35. The number of carbonyl (C=O) groups is 1. The SMILES string of the molecule is CCc1oc2ccccc2c1CNCc1cccc(N2CCCC2=O)c1. The highest BCUT2D eigenvalue weighted by Crippen LogP contribution is 2.26. The van der Waals surface area contributed by atoms with Crippen LogP contribution < -0.4 is 10.2 Å². The molecular weight excluding hydrogens is 324 g/mol. The van der Waals surface area contributed by atoms with E-state index in [1.807, 2.05) is 29.2 Å². The van der Waals surface area contributed by atoms with Gasteiger partial charge in [-0.05, 0) is 30.2 Å². The summed E-state index contributed by atoms with van der Waals surface area (Å²) >= 11 is 0. The summed E-state index contributed by atoms with van der Waals surface area (Å²) in [4.78, 5) is 13.8. The summed E-state index contributed by atoms with van der Waals surface area (Å²) in [6, 6.07) is 16.5. The highest BCUT2D eigenvalue weighted by Gasteiger charge is 2.21. The molecule has 4 rings (SSSR count). The number of carbonyl (C=O) groups excluding carboxylic acids is 1. The summed E-state index contributed by atoms with van der Waals surface area (Å²) in [7, 11) is 0. The second kappa shape index (κ2) is 7.34. The third kappa shape index (κ3) is 3.25. The standard InChI is InChI=1S/C22H24N2O2/c1-2-20-19(18-9-3-4-10-21(18)26-20)15-23-14-16-7-5-8-17(13-16)24-12-6-11-22(24)25/h3-5,7-10,13,23H,2,6,11-12,14-15H2,1H3. The molecule has 0 atom stereocenters. The number of benzene rings is 2. The Morgan fingerprint density at radius 1 is 1.12 bits per heavy atom. The lowest BCUT2D eigenvalue weighted by Gasteiger charge is -2.16. The van der Waals surface area contributed by atoms with Gasteiger partial charge in [-0.25, -0.2) is 0 Å². The third-order valence-electron chi connectivity index (χ3n) is 5.03. The van der Waals surface area contributed by atoms with Crippen LogP contribution in [0.2, 0.25) is 0 Å². The first kappa shape index (κ1) is 16.9. The molecular formula is C22H24N2O2. The van der Waals surface area contributed by atoms with Crippen LogP contribution in [0, 0.1) is 0 Å². The van der Waals surface area contributed by atoms with Gasteiger partial charge in [-0.3, -0.25) is 4.79 Å². The fourth-order valence-corrected chi connectivity index (χ4v) is 3.72. The molecule has 1 aromatic heterocycles. The number of aryl methyl sites for hydroxylation is 1. The summed E-state index contributed by atoms with van der Waals surface area (Å²) in [5.74, 6) is 1.28. The van der Waals surface area contributed by atoms with Gasteiger partial charge < -0.3 is 14.6 Å². The van der Waals surface area contributed by atoms with Gasteiger partial charge in [-0.1, -0.05) is 37.3 Å². The molecule has 1 aliphatic heterocycles. The quantitative estimate of drug-likeness (QED) is 0.717. The summed E-state index contributed by atoms with van der Waals surface area (Å²) in [5, 5.41) is 4.72. The van der Waals surface area contributed by atoms with E-state index in [-0.39, 0.29) is 5.91 Å². The number of rotatable bonds is 6. The first-order valence-corrected chi connectivity index (χ1v) is 9.35. The molecule has 4 heteroatoms. The van der Waals surface area contributed by atoms with Crippen molar-refractivity contribution in [3.05, 3.63) is 65.4 Å². The van der Waals surface area contributed by atoms with Crippen molar-refractivity contribution >= 4 is 22.6 Å². The Morgan fingerprint density at radius 3 is 2.81 bits per heavy atom. The van der Waals surface area contributed by atoms with Gasteiger partial charge in [0.1, 0.15) is 11.3 Å². The normalized spacial score (nSPS) is 14.5. The van der Waals surface area contributed by atoms with Gasteiger partial charge in [0.15, 0.2) is 0 Å². The van der Waals surface area contributed by atoms with Gasteiger partial charge in [0, 0.05) is 49.1 Å². The van der Waals surface area contributed by atoms with Crippen molar-refractivity contribution in [3.63, 3.8) is 0 Å². The zero-order valence-corrected chi connectivity index (χ0v) is 15.1. The fraction of sp³-hybridized carbons (Fsp3) is 0.318. The zero-order valence-electron chi connectivity index (χ0n) is 15.1. The van der Waals surface area contributed by atoms with Crippen LogP contribution in [0.5, 0.6) is 0 Å². The van der Waals surface area contributed by atoms with Crippen molar-refractivity contribution in [2.24, 2.45) is 0 Å². The lowest BCUT2D eigenvalue weighted by atomic mass is 10.1. The van der Waals surface area contributed by atoms with E-state index in [1.54, 1.807) is 0 Å². The molecule has 0 saturated carbocycles. The number of hydrogen-bond acceptors (Lipinski definition) is 3. The van der Waals surface area contributed by atoms with Crippen LogP contribution in [0.3, 0.4) is 0 Å². The van der Waals surface area contributed by atoms with Crippen molar-refractivity contribution in [1.82, 2.24) is 5.32 Å². The molecule has 4 nitrogen and oxygen atoms in total. The number of fused-ring (bicyclic) bond motifs is 1. The Balaban J connectivity index is 1.46. The second-order valence-corrected chi connectivity index (χ2v) is 6.78. The van der Waals surface area contributed by atoms with Crippen LogP contribution >= 0.6 is 0 Å².